The van der Waals surface area contributed by atoms with Crippen LogP contribution in [0.1, 0.15) is 30.0 Å². The van der Waals surface area contributed by atoms with E-state index in [1.807, 2.05) is 23.1 Å². The molecule has 2 fully saturated rings. The Morgan fingerprint density at radius 1 is 1.02 bits per heavy atom. The molecule has 9 nitrogen and oxygen atoms in total. The largest absolute Gasteiger partial charge is 0.415 e. The first-order chi connectivity index (χ1) is 19.3. The van der Waals surface area contributed by atoms with Gasteiger partial charge in [-0.25, -0.2) is 9.18 Å². The van der Waals surface area contributed by atoms with Crippen LogP contribution in [0.15, 0.2) is 60.7 Å². The summed E-state index contributed by atoms with van der Waals surface area (Å²) >= 11 is 6.12. The van der Waals surface area contributed by atoms with Crippen LogP contribution in [-0.2, 0) is 4.79 Å². The molecule has 0 saturated carbocycles. The monoisotopic (exact) mass is 562 g/mol. The number of nitriles is 1. The first kappa shape index (κ1) is 27.3. The third-order valence-corrected chi connectivity index (χ3v) is 7.89. The number of nitrogens with zero attached hydrogens (tertiary/aromatic N) is 6. The van der Waals surface area contributed by atoms with Gasteiger partial charge in [0.1, 0.15) is 17.6 Å². The molecule has 11 heteroatoms. The minimum absolute atomic E-state index is 0.0623. The number of carbonyl (C=O) groups is 2. The van der Waals surface area contributed by atoms with Gasteiger partial charge < -0.3 is 19.4 Å². The zero-order valence-corrected chi connectivity index (χ0v) is 22.7. The van der Waals surface area contributed by atoms with Crippen molar-refractivity contribution in [2.75, 3.05) is 38.1 Å². The predicted molar refractivity (Wildman–Crippen MR) is 146 cm³/mol. The van der Waals surface area contributed by atoms with Crippen LogP contribution in [0.2, 0.25) is 5.02 Å². The lowest BCUT2D eigenvalue weighted by molar-refractivity contribution is -0.135. The average Bonchev–Trinajstić information content (AvgIpc) is 3.43. The fourth-order valence-corrected chi connectivity index (χ4v) is 5.50. The summed E-state index contributed by atoms with van der Waals surface area (Å²) in [6.45, 7) is 2.13. The molecule has 2 saturated heterocycles. The minimum atomic E-state index is -0.582. The van der Waals surface area contributed by atoms with Gasteiger partial charge in [-0.15, -0.1) is 10.2 Å². The van der Waals surface area contributed by atoms with Crippen molar-refractivity contribution in [2.45, 2.75) is 24.8 Å². The van der Waals surface area contributed by atoms with E-state index < -0.39 is 11.9 Å². The molecule has 206 valence electrons. The van der Waals surface area contributed by atoms with E-state index >= 15 is 0 Å². The molecule has 0 radical (unpaired) electrons. The molecule has 0 N–H and O–H groups in total. The standard InChI is InChI=1S/C29H28ClFN6O3/c1-35(29(39)40-24-9-6-22(31)7-10-24)26-18-37(17-25(26)19-2-4-21(30)5-3-19)28(38)20-12-14-36(15-13-20)27-11-8-23(16-32)33-34-27/h2-11,20,25-26H,12-15,17-18H2,1H3. The van der Waals surface area contributed by atoms with Crippen molar-refractivity contribution >= 4 is 29.4 Å². The van der Waals surface area contributed by atoms with E-state index in [2.05, 4.69) is 15.1 Å². The normalized spacial score (nSPS) is 19.2. The second-order valence-electron chi connectivity index (χ2n) is 10.1. The highest BCUT2D eigenvalue weighted by molar-refractivity contribution is 6.30. The van der Waals surface area contributed by atoms with Gasteiger partial charge in [0, 0.05) is 50.1 Å². The number of hydrogen-bond acceptors (Lipinski definition) is 7. The molecule has 0 spiro atoms. The van der Waals surface area contributed by atoms with E-state index in [0.29, 0.717) is 49.9 Å². The number of benzene rings is 2. The number of carbonyl (C=O) groups excluding carboxylic acids is 2. The lowest BCUT2D eigenvalue weighted by Gasteiger charge is -2.33. The minimum Gasteiger partial charge on any atom is -0.410 e. The SMILES string of the molecule is CN(C(=O)Oc1ccc(F)cc1)C1CN(C(=O)C2CCN(c3ccc(C#N)nn3)CC2)CC1c1ccc(Cl)cc1. The van der Waals surface area contributed by atoms with Crippen LogP contribution in [-0.4, -0.2) is 71.3 Å². The summed E-state index contributed by atoms with van der Waals surface area (Å²) in [5.74, 6) is 0.287. The van der Waals surface area contributed by atoms with Crippen molar-refractivity contribution in [1.82, 2.24) is 20.0 Å². The van der Waals surface area contributed by atoms with Gasteiger partial charge in [-0.3, -0.25) is 4.79 Å². The molecular formula is C29H28ClFN6O3. The Morgan fingerprint density at radius 3 is 2.35 bits per heavy atom. The van der Waals surface area contributed by atoms with Crippen molar-refractivity contribution in [3.8, 4) is 11.8 Å². The second-order valence-corrected chi connectivity index (χ2v) is 10.5. The molecule has 0 aliphatic carbocycles. The Kier molecular flexibility index (Phi) is 8.12. The maximum absolute atomic E-state index is 13.7. The maximum Gasteiger partial charge on any atom is 0.415 e. The number of aromatic nitrogens is 2. The summed E-state index contributed by atoms with van der Waals surface area (Å²) in [5, 5.41) is 17.6. The van der Waals surface area contributed by atoms with E-state index in [0.717, 1.165) is 5.56 Å². The third-order valence-electron chi connectivity index (χ3n) is 7.64. The summed E-state index contributed by atoms with van der Waals surface area (Å²) < 4.78 is 18.8. The first-order valence-electron chi connectivity index (χ1n) is 13.1. The van der Waals surface area contributed by atoms with E-state index in [9.17, 15) is 14.0 Å². The van der Waals surface area contributed by atoms with Crippen LogP contribution in [0.5, 0.6) is 5.75 Å². The Balaban J connectivity index is 1.27. The molecule has 3 heterocycles. The Bertz CT molecular complexity index is 1390. The van der Waals surface area contributed by atoms with E-state index in [4.69, 9.17) is 21.6 Å². The molecule has 2 unspecified atom stereocenters. The van der Waals surface area contributed by atoms with Crippen LogP contribution in [0.3, 0.4) is 0 Å². The Hall–Kier alpha value is -4.23. The van der Waals surface area contributed by atoms with Crippen molar-refractivity contribution in [1.29, 1.82) is 5.26 Å². The number of anilines is 1. The zero-order valence-electron chi connectivity index (χ0n) is 21.9. The summed E-state index contributed by atoms with van der Waals surface area (Å²) in [4.78, 5) is 32.2. The summed E-state index contributed by atoms with van der Waals surface area (Å²) in [6.07, 6.45) is 0.743. The fraction of sp³-hybridized carbons (Fsp3) is 0.345. The molecule has 0 bridgehead atoms. The predicted octanol–water partition coefficient (Wildman–Crippen LogP) is 4.48. The zero-order chi connectivity index (χ0) is 28.2. The summed E-state index contributed by atoms with van der Waals surface area (Å²) in [6, 6.07) is 17.8. The molecule has 40 heavy (non-hydrogen) atoms. The molecule has 3 aromatic rings. The molecule has 2 atom stereocenters. The quantitative estimate of drug-likeness (QED) is 0.451. The lowest BCUT2D eigenvalue weighted by Crippen LogP contribution is -2.45. The average molecular weight is 563 g/mol. The lowest BCUT2D eigenvalue weighted by atomic mass is 9.93. The number of amides is 2. The number of halogens is 2. The van der Waals surface area contributed by atoms with Crippen LogP contribution in [0.25, 0.3) is 0 Å². The smallest absolute Gasteiger partial charge is 0.410 e. The van der Waals surface area contributed by atoms with Gasteiger partial charge in [0.05, 0.1) is 6.04 Å². The van der Waals surface area contributed by atoms with E-state index in [-0.39, 0.29) is 35.2 Å². The molecule has 2 aliphatic heterocycles. The highest BCUT2D eigenvalue weighted by Gasteiger charge is 2.42. The van der Waals surface area contributed by atoms with Crippen molar-refractivity contribution in [3.63, 3.8) is 0 Å². The van der Waals surface area contributed by atoms with Crippen LogP contribution in [0, 0.1) is 23.1 Å². The summed E-state index contributed by atoms with van der Waals surface area (Å²) in [5.41, 5.74) is 1.24. The van der Waals surface area contributed by atoms with Crippen LogP contribution < -0.4 is 9.64 Å². The van der Waals surface area contributed by atoms with Crippen molar-refractivity contribution < 1.29 is 18.7 Å². The Labute approximate surface area is 236 Å². The molecule has 2 amide bonds. The second kappa shape index (κ2) is 11.9. The van der Waals surface area contributed by atoms with E-state index in [1.54, 1.807) is 31.3 Å². The van der Waals surface area contributed by atoms with Gasteiger partial charge in [-0.2, -0.15) is 5.26 Å². The highest BCUT2D eigenvalue weighted by atomic mass is 35.5. The number of ether oxygens (including phenoxy) is 1. The molecule has 2 aromatic carbocycles. The molecular weight excluding hydrogens is 535 g/mol. The fourth-order valence-electron chi connectivity index (χ4n) is 5.37. The van der Waals surface area contributed by atoms with Gasteiger partial charge >= 0.3 is 6.09 Å². The number of rotatable bonds is 5. The number of piperidine rings is 1. The van der Waals surface area contributed by atoms with Gasteiger partial charge in [-0.1, -0.05) is 23.7 Å². The van der Waals surface area contributed by atoms with Crippen molar-refractivity contribution in [2.24, 2.45) is 5.92 Å². The first-order valence-corrected chi connectivity index (χ1v) is 13.4. The molecule has 1 aromatic heterocycles. The van der Waals surface area contributed by atoms with Crippen LogP contribution >= 0.6 is 11.6 Å². The molecule has 5 rings (SSSR count). The van der Waals surface area contributed by atoms with Gasteiger partial charge in [0.25, 0.3) is 0 Å². The van der Waals surface area contributed by atoms with Gasteiger partial charge in [0.2, 0.25) is 5.91 Å². The number of likely N-dealkylation sites (N-methyl/N-ethyl adjacent to an activating group) is 1. The van der Waals surface area contributed by atoms with Crippen LogP contribution in [0.4, 0.5) is 15.0 Å². The molecule has 2 aliphatic rings. The van der Waals surface area contributed by atoms with Crippen molar-refractivity contribution in [3.05, 3.63) is 82.8 Å². The Morgan fingerprint density at radius 2 is 1.73 bits per heavy atom. The summed E-state index contributed by atoms with van der Waals surface area (Å²) in [7, 11) is 1.66. The third kappa shape index (κ3) is 6.00. The van der Waals surface area contributed by atoms with E-state index in [1.165, 1.54) is 29.2 Å². The number of hydrogen-bond donors (Lipinski definition) is 0. The number of likely N-dealkylation sites (tertiary alicyclic amines) is 1. The maximum atomic E-state index is 13.7. The van der Waals surface area contributed by atoms with Gasteiger partial charge in [0.15, 0.2) is 11.5 Å². The topological polar surface area (TPSA) is 103 Å². The van der Waals surface area contributed by atoms with Gasteiger partial charge in [-0.05, 0) is 66.9 Å². The highest BCUT2D eigenvalue weighted by Crippen LogP contribution is 2.34.